The molecule has 2 aliphatic rings. The first kappa shape index (κ1) is 21.0. The number of ether oxygens (including phenoxy) is 1. The van der Waals surface area contributed by atoms with Gasteiger partial charge in [-0.1, -0.05) is 11.3 Å². The zero-order valence-electron chi connectivity index (χ0n) is 17.6. The molecule has 1 aromatic heterocycles. The van der Waals surface area contributed by atoms with E-state index in [4.69, 9.17) is 4.74 Å². The van der Waals surface area contributed by atoms with E-state index in [1.807, 2.05) is 20.8 Å². The minimum Gasteiger partial charge on any atom is -0.444 e. The Hall–Kier alpha value is -3.27. The van der Waals surface area contributed by atoms with Gasteiger partial charge in [-0.2, -0.15) is 0 Å². The molecule has 162 valence electrons. The van der Waals surface area contributed by atoms with Gasteiger partial charge < -0.3 is 9.64 Å². The molecular weight excluding hydrogens is 420 g/mol. The second-order valence-electron chi connectivity index (χ2n) is 8.42. The second kappa shape index (κ2) is 7.45. The summed E-state index contributed by atoms with van der Waals surface area (Å²) in [7, 11) is 1.41. The lowest BCUT2D eigenvalue weighted by atomic mass is 10.1. The summed E-state index contributed by atoms with van der Waals surface area (Å²) >= 11 is 1.30. The van der Waals surface area contributed by atoms with Crippen LogP contribution in [0, 0.1) is 0 Å². The summed E-state index contributed by atoms with van der Waals surface area (Å²) in [6.45, 7) is 6.33. The Balaban J connectivity index is 1.47. The van der Waals surface area contributed by atoms with Crippen LogP contribution in [0.4, 0.5) is 9.93 Å². The summed E-state index contributed by atoms with van der Waals surface area (Å²) in [4.78, 5) is 57.2. The topological polar surface area (TPSA) is 109 Å². The first-order chi connectivity index (χ1) is 14.5. The number of carbonyl (C=O) groups excluding carboxylic acids is 4. The molecule has 9 nitrogen and oxygen atoms in total. The Morgan fingerprint density at radius 3 is 2.58 bits per heavy atom. The van der Waals surface area contributed by atoms with Crippen LogP contribution in [0.3, 0.4) is 0 Å². The maximum Gasteiger partial charge on any atom is 0.410 e. The highest BCUT2D eigenvalue weighted by Gasteiger charge is 2.33. The van der Waals surface area contributed by atoms with Crippen LogP contribution in [0.5, 0.6) is 0 Å². The molecule has 31 heavy (non-hydrogen) atoms. The number of rotatable bonds is 2. The molecule has 1 aromatic carbocycles. The number of thiazole rings is 1. The average molecular weight is 442 g/mol. The molecular formula is C21H22N4O5S. The molecule has 0 fully saturated rings. The normalized spacial score (nSPS) is 15.6. The van der Waals surface area contributed by atoms with Gasteiger partial charge >= 0.3 is 6.09 Å². The van der Waals surface area contributed by atoms with Gasteiger partial charge in [0.05, 0.1) is 23.4 Å². The number of benzene rings is 1. The van der Waals surface area contributed by atoms with E-state index in [1.165, 1.54) is 36.6 Å². The standard InChI is InChI=1S/C21H22N4O5S/c1-21(2,3)30-20(29)25-8-7-14-15(10-25)31-19(22-14)23-16(26)11-5-6-12-13(9-11)18(28)24(4)17(12)27/h5-6,9H,7-8,10H2,1-4H3,(H,22,23,26). The maximum atomic E-state index is 12.7. The van der Waals surface area contributed by atoms with Crippen LogP contribution in [0.2, 0.25) is 0 Å². The van der Waals surface area contributed by atoms with Crippen LogP contribution >= 0.6 is 11.3 Å². The van der Waals surface area contributed by atoms with Crippen molar-refractivity contribution >= 4 is 40.3 Å². The molecule has 0 radical (unpaired) electrons. The number of hydrogen-bond acceptors (Lipinski definition) is 7. The Bertz CT molecular complexity index is 1120. The predicted octanol–water partition coefficient (Wildman–Crippen LogP) is 2.91. The third-order valence-electron chi connectivity index (χ3n) is 4.96. The van der Waals surface area contributed by atoms with Crippen LogP contribution in [0.1, 0.15) is 62.4 Å². The SMILES string of the molecule is CN1C(=O)c2ccc(C(=O)Nc3nc4c(s3)CN(C(=O)OC(C)(C)C)CC4)cc2C1=O. The van der Waals surface area contributed by atoms with Crippen molar-refractivity contribution in [2.24, 2.45) is 0 Å². The minimum absolute atomic E-state index is 0.214. The van der Waals surface area contributed by atoms with E-state index in [0.29, 0.717) is 24.6 Å². The van der Waals surface area contributed by atoms with Crippen LogP contribution in [-0.4, -0.2) is 57.8 Å². The van der Waals surface area contributed by atoms with Gasteiger partial charge in [-0.05, 0) is 39.0 Å². The monoisotopic (exact) mass is 442 g/mol. The minimum atomic E-state index is -0.569. The molecule has 0 saturated heterocycles. The fraction of sp³-hybridized carbons (Fsp3) is 0.381. The first-order valence-corrected chi connectivity index (χ1v) is 10.6. The highest BCUT2D eigenvalue weighted by atomic mass is 32.1. The number of nitrogens with one attached hydrogen (secondary N) is 1. The van der Waals surface area contributed by atoms with E-state index in [9.17, 15) is 19.2 Å². The summed E-state index contributed by atoms with van der Waals surface area (Å²) in [5.41, 5.74) is 1.04. The molecule has 4 amide bonds. The molecule has 3 heterocycles. The van der Waals surface area contributed by atoms with Crippen molar-refractivity contribution in [1.29, 1.82) is 0 Å². The van der Waals surface area contributed by atoms with Crippen molar-refractivity contribution in [2.45, 2.75) is 39.3 Å². The van der Waals surface area contributed by atoms with E-state index in [-0.39, 0.29) is 28.7 Å². The molecule has 2 aliphatic heterocycles. The molecule has 0 saturated carbocycles. The Kier molecular flexibility index (Phi) is 5.04. The molecule has 0 bridgehead atoms. The summed E-state index contributed by atoms with van der Waals surface area (Å²) in [6, 6.07) is 4.42. The van der Waals surface area contributed by atoms with Gasteiger partial charge in [0.2, 0.25) is 0 Å². The lowest BCUT2D eigenvalue weighted by Gasteiger charge is -2.29. The number of amides is 4. The average Bonchev–Trinajstić information content (AvgIpc) is 3.20. The van der Waals surface area contributed by atoms with Crippen LogP contribution < -0.4 is 5.32 Å². The molecule has 1 N–H and O–H groups in total. The number of nitrogens with zero attached hydrogens (tertiary/aromatic N) is 3. The Morgan fingerprint density at radius 1 is 1.16 bits per heavy atom. The van der Waals surface area contributed by atoms with Crippen molar-refractivity contribution in [2.75, 3.05) is 18.9 Å². The van der Waals surface area contributed by atoms with Crippen molar-refractivity contribution in [3.05, 3.63) is 45.5 Å². The predicted molar refractivity (Wildman–Crippen MR) is 113 cm³/mol. The van der Waals surface area contributed by atoms with Crippen LogP contribution in [-0.2, 0) is 17.7 Å². The number of fused-ring (bicyclic) bond motifs is 2. The van der Waals surface area contributed by atoms with Crippen molar-refractivity contribution in [3.63, 3.8) is 0 Å². The zero-order valence-corrected chi connectivity index (χ0v) is 18.5. The number of anilines is 1. The van der Waals surface area contributed by atoms with Crippen molar-refractivity contribution in [1.82, 2.24) is 14.8 Å². The van der Waals surface area contributed by atoms with Gasteiger partial charge in [-0.3, -0.25) is 24.6 Å². The van der Waals surface area contributed by atoms with Crippen molar-refractivity contribution < 1.29 is 23.9 Å². The third-order valence-corrected chi connectivity index (χ3v) is 5.95. The van der Waals surface area contributed by atoms with Crippen LogP contribution in [0.15, 0.2) is 18.2 Å². The van der Waals surface area contributed by atoms with Gasteiger partial charge in [0.15, 0.2) is 5.13 Å². The molecule has 0 unspecified atom stereocenters. The highest BCUT2D eigenvalue weighted by molar-refractivity contribution is 7.15. The largest absolute Gasteiger partial charge is 0.444 e. The molecule has 0 aliphatic carbocycles. The maximum absolute atomic E-state index is 12.7. The molecule has 2 aromatic rings. The number of carbonyl (C=O) groups is 4. The summed E-state index contributed by atoms with van der Waals surface area (Å²) in [5, 5.41) is 3.17. The van der Waals surface area contributed by atoms with E-state index in [2.05, 4.69) is 10.3 Å². The van der Waals surface area contributed by atoms with E-state index in [0.717, 1.165) is 15.5 Å². The molecule has 0 spiro atoms. The van der Waals surface area contributed by atoms with E-state index < -0.39 is 17.4 Å². The highest BCUT2D eigenvalue weighted by Crippen LogP contribution is 2.30. The van der Waals surface area contributed by atoms with E-state index in [1.54, 1.807) is 4.90 Å². The molecule has 0 atom stereocenters. The Morgan fingerprint density at radius 2 is 1.87 bits per heavy atom. The summed E-state index contributed by atoms with van der Waals surface area (Å²) in [6.07, 6.45) is 0.197. The summed E-state index contributed by atoms with van der Waals surface area (Å²) in [5.74, 6) is -1.23. The van der Waals surface area contributed by atoms with Crippen molar-refractivity contribution in [3.8, 4) is 0 Å². The van der Waals surface area contributed by atoms with Gasteiger partial charge in [-0.25, -0.2) is 9.78 Å². The fourth-order valence-electron chi connectivity index (χ4n) is 3.40. The zero-order chi connectivity index (χ0) is 22.5. The molecule has 4 rings (SSSR count). The number of hydrogen-bond donors (Lipinski definition) is 1. The fourth-order valence-corrected chi connectivity index (χ4v) is 4.42. The number of imide groups is 1. The first-order valence-electron chi connectivity index (χ1n) is 9.78. The van der Waals surface area contributed by atoms with E-state index >= 15 is 0 Å². The lowest BCUT2D eigenvalue weighted by Crippen LogP contribution is -2.39. The van der Waals surface area contributed by atoms with Gasteiger partial charge in [-0.15, -0.1) is 0 Å². The quantitative estimate of drug-likeness (QED) is 0.717. The Labute approximate surface area is 183 Å². The van der Waals surface area contributed by atoms with Gasteiger partial charge in [0, 0.05) is 30.5 Å². The summed E-state index contributed by atoms with van der Waals surface area (Å²) < 4.78 is 5.43. The smallest absolute Gasteiger partial charge is 0.410 e. The third kappa shape index (κ3) is 4.02. The lowest BCUT2D eigenvalue weighted by molar-refractivity contribution is 0.0225. The molecule has 10 heteroatoms. The second-order valence-corrected chi connectivity index (χ2v) is 9.51. The van der Waals surface area contributed by atoms with Gasteiger partial charge in [0.1, 0.15) is 5.60 Å². The number of aromatic nitrogens is 1. The van der Waals surface area contributed by atoms with Crippen LogP contribution in [0.25, 0.3) is 0 Å². The van der Waals surface area contributed by atoms with Gasteiger partial charge in [0.25, 0.3) is 17.7 Å².